The van der Waals surface area contributed by atoms with Crippen molar-refractivity contribution in [2.24, 2.45) is 5.92 Å². The predicted molar refractivity (Wildman–Crippen MR) is 57.9 cm³/mol. The van der Waals surface area contributed by atoms with E-state index in [1.54, 1.807) is 0 Å². The van der Waals surface area contributed by atoms with E-state index in [1.807, 2.05) is 6.92 Å². The molecule has 90 valence electrons. The van der Waals surface area contributed by atoms with Crippen LogP contribution >= 0.6 is 0 Å². The van der Waals surface area contributed by atoms with Crippen LogP contribution in [0, 0.1) is 5.92 Å². The second-order valence-electron chi connectivity index (χ2n) is 4.65. The van der Waals surface area contributed by atoms with E-state index >= 15 is 0 Å². The van der Waals surface area contributed by atoms with Crippen molar-refractivity contribution in [2.45, 2.75) is 38.3 Å². The molecule has 0 bridgehead atoms. The van der Waals surface area contributed by atoms with E-state index in [9.17, 15) is 9.59 Å². The summed E-state index contributed by atoms with van der Waals surface area (Å²) in [7, 11) is 0. The molecular formula is C11H18N2O3. The van der Waals surface area contributed by atoms with Crippen LogP contribution in [0.5, 0.6) is 0 Å². The Labute approximate surface area is 94.8 Å². The van der Waals surface area contributed by atoms with E-state index in [0.29, 0.717) is 19.0 Å². The topological polar surface area (TPSA) is 69.6 Å². The monoisotopic (exact) mass is 226 g/mol. The third-order valence-corrected chi connectivity index (χ3v) is 3.73. The molecule has 0 unspecified atom stereocenters. The lowest BCUT2D eigenvalue weighted by atomic mass is 9.80. The number of amides is 1. The molecule has 2 rings (SSSR count). The molecule has 16 heavy (non-hydrogen) atoms. The fourth-order valence-corrected chi connectivity index (χ4v) is 2.87. The van der Waals surface area contributed by atoms with Gasteiger partial charge in [-0.1, -0.05) is 6.92 Å². The molecule has 0 radical (unpaired) electrons. The number of fused-ring (bicyclic) bond motifs is 1. The maximum absolute atomic E-state index is 11.5. The molecule has 1 aliphatic heterocycles. The van der Waals surface area contributed by atoms with E-state index in [-0.39, 0.29) is 17.9 Å². The Morgan fingerprint density at radius 2 is 2.31 bits per heavy atom. The van der Waals surface area contributed by atoms with Gasteiger partial charge in [0.15, 0.2) is 0 Å². The van der Waals surface area contributed by atoms with Crippen LogP contribution in [0.25, 0.3) is 0 Å². The fraction of sp³-hybridized carbons (Fsp3) is 0.818. The molecule has 1 heterocycles. The minimum Gasteiger partial charge on any atom is -0.481 e. The highest BCUT2D eigenvalue weighted by Crippen LogP contribution is 2.29. The lowest BCUT2D eigenvalue weighted by Crippen LogP contribution is -2.62. The van der Waals surface area contributed by atoms with Crippen LogP contribution in [0.1, 0.15) is 26.2 Å². The molecule has 2 N–H and O–H groups in total. The van der Waals surface area contributed by atoms with Crippen LogP contribution in [-0.4, -0.2) is 47.1 Å². The van der Waals surface area contributed by atoms with Gasteiger partial charge in [0.05, 0.1) is 12.5 Å². The Hall–Kier alpha value is -1.10. The van der Waals surface area contributed by atoms with Crippen molar-refractivity contribution in [3.05, 3.63) is 0 Å². The Morgan fingerprint density at radius 1 is 1.56 bits per heavy atom. The van der Waals surface area contributed by atoms with Crippen molar-refractivity contribution < 1.29 is 14.7 Å². The van der Waals surface area contributed by atoms with Crippen molar-refractivity contribution in [1.29, 1.82) is 0 Å². The van der Waals surface area contributed by atoms with Crippen molar-refractivity contribution in [2.75, 3.05) is 13.1 Å². The van der Waals surface area contributed by atoms with Gasteiger partial charge in [-0.3, -0.25) is 14.5 Å². The fourth-order valence-electron chi connectivity index (χ4n) is 2.87. The van der Waals surface area contributed by atoms with Crippen molar-refractivity contribution in [3.8, 4) is 0 Å². The van der Waals surface area contributed by atoms with Crippen LogP contribution in [0.15, 0.2) is 0 Å². The summed E-state index contributed by atoms with van der Waals surface area (Å²) in [4.78, 5) is 24.6. The molecule has 1 saturated heterocycles. The number of carbonyl (C=O) groups is 2. The van der Waals surface area contributed by atoms with Gasteiger partial charge in [0.2, 0.25) is 5.91 Å². The van der Waals surface area contributed by atoms with Crippen LogP contribution in [0.3, 0.4) is 0 Å². The molecule has 5 heteroatoms. The average Bonchev–Trinajstić information content (AvgIpc) is 2.26. The van der Waals surface area contributed by atoms with Gasteiger partial charge in [-0.25, -0.2) is 0 Å². The van der Waals surface area contributed by atoms with Gasteiger partial charge in [0, 0.05) is 12.1 Å². The van der Waals surface area contributed by atoms with Gasteiger partial charge in [0.1, 0.15) is 0 Å². The van der Waals surface area contributed by atoms with E-state index in [0.717, 1.165) is 19.4 Å². The Morgan fingerprint density at radius 3 is 2.94 bits per heavy atom. The normalized spacial score (nSPS) is 35.3. The zero-order valence-electron chi connectivity index (χ0n) is 9.48. The molecule has 0 aromatic carbocycles. The molecule has 0 aromatic heterocycles. The highest BCUT2D eigenvalue weighted by atomic mass is 16.4. The van der Waals surface area contributed by atoms with Gasteiger partial charge in [-0.05, 0) is 25.8 Å². The predicted octanol–water partition coefficient (Wildman–Crippen LogP) is 0.0600. The van der Waals surface area contributed by atoms with Gasteiger partial charge in [-0.2, -0.15) is 0 Å². The number of rotatable bonds is 2. The molecule has 0 aromatic rings. The number of likely N-dealkylation sites (N-methyl/N-ethyl adjacent to an activating group) is 1. The van der Waals surface area contributed by atoms with Crippen LogP contribution in [-0.2, 0) is 9.59 Å². The molecule has 2 aliphatic rings. The van der Waals surface area contributed by atoms with Crippen LogP contribution in [0.2, 0.25) is 0 Å². The first-order chi connectivity index (χ1) is 7.61. The summed E-state index contributed by atoms with van der Waals surface area (Å²) in [5, 5.41) is 11.9. The summed E-state index contributed by atoms with van der Waals surface area (Å²) >= 11 is 0. The standard InChI is InChI=1S/C11H18N2O3/c1-2-13-6-10(14)12-8-5-7(11(15)16)3-4-9(8)13/h7-9H,2-6H2,1H3,(H,12,14)(H,15,16)/t7-,8-,9+/m1/s1. The quantitative estimate of drug-likeness (QED) is 0.698. The second kappa shape index (κ2) is 4.41. The lowest BCUT2D eigenvalue weighted by Gasteiger charge is -2.45. The lowest BCUT2D eigenvalue weighted by molar-refractivity contribution is -0.145. The Bertz CT molecular complexity index is 306. The summed E-state index contributed by atoms with van der Waals surface area (Å²) in [6, 6.07) is 0.356. The highest BCUT2D eigenvalue weighted by molar-refractivity contribution is 5.79. The molecule has 0 spiro atoms. The first-order valence-corrected chi connectivity index (χ1v) is 5.88. The molecule has 1 aliphatic carbocycles. The van der Waals surface area contributed by atoms with Crippen molar-refractivity contribution >= 4 is 11.9 Å². The second-order valence-corrected chi connectivity index (χ2v) is 4.65. The maximum Gasteiger partial charge on any atom is 0.306 e. The number of hydrogen-bond acceptors (Lipinski definition) is 3. The number of hydrogen-bond donors (Lipinski definition) is 2. The SMILES string of the molecule is CCN1CC(=O)N[C@@H]2C[C@H](C(=O)O)CC[C@@H]21. The van der Waals surface area contributed by atoms with Crippen molar-refractivity contribution in [3.63, 3.8) is 0 Å². The van der Waals surface area contributed by atoms with E-state index in [4.69, 9.17) is 5.11 Å². The summed E-state index contributed by atoms with van der Waals surface area (Å²) in [6.45, 7) is 3.35. The average molecular weight is 226 g/mol. The number of carbonyl (C=O) groups excluding carboxylic acids is 1. The highest BCUT2D eigenvalue weighted by Gasteiger charge is 2.40. The first kappa shape index (κ1) is 11.4. The van der Waals surface area contributed by atoms with Gasteiger partial charge < -0.3 is 10.4 Å². The third kappa shape index (κ3) is 2.04. The smallest absolute Gasteiger partial charge is 0.306 e. The van der Waals surface area contributed by atoms with Gasteiger partial charge in [-0.15, -0.1) is 0 Å². The molecular weight excluding hydrogens is 208 g/mol. The molecule has 1 saturated carbocycles. The molecule has 2 fully saturated rings. The number of nitrogens with zero attached hydrogens (tertiary/aromatic N) is 1. The largest absolute Gasteiger partial charge is 0.481 e. The number of carboxylic acid groups (broad SMARTS) is 1. The van der Waals surface area contributed by atoms with Crippen LogP contribution < -0.4 is 5.32 Å². The van der Waals surface area contributed by atoms with E-state index < -0.39 is 5.97 Å². The minimum absolute atomic E-state index is 0.0224. The summed E-state index contributed by atoms with van der Waals surface area (Å²) in [5.74, 6) is -1.01. The number of piperazine rings is 1. The zero-order valence-corrected chi connectivity index (χ0v) is 9.48. The number of carboxylic acids is 1. The number of nitrogens with one attached hydrogen (secondary N) is 1. The summed E-state index contributed by atoms with van der Waals surface area (Å²) < 4.78 is 0. The Balaban J connectivity index is 2.07. The van der Waals surface area contributed by atoms with Crippen LogP contribution in [0.4, 0.5) is 0 Å². The van der Waals surface area contributed by atoms with E-state index in [1.165, 1.54) is 0 Å². The summed E-state index contributed by atoms with van der Waals surface area (Å²) in [5.41, 5.74) is 0. The molecule has 1 amide bonds. The molecule has 5 nitrogen and oxygen atoms in total. The van der Waals surface area contributed by atoms with E-state index in [2.05, 4.69) is 10.2 Å². The minimum atomic E-state index is -0.735. The van der Waals surface area contributed by atoms with Crippen molar-refractivity contribution in [1.82, 2.24) is 10.2 Å². The Kier molecular flexibility index (Phi) is 3.14. The summed E-state index contributed by atoms with van der Waals surface area (Å²) in [6.07, 6.45) is 2.17. The molecule has 3 atom stereocenters. The van der Waals surface area contributed by atoms with Gasteiger partial charge in [0.25, 0.3) is 0 Å². The third-order valence-electron chi connectivity index (χ3n) is 3.73. The maximum atomic E-state index is 11.5. The zero-order chi connectivity index (χ0) is 11.7. The van der Waals surface area contributed by atoms with Gasteiger partial charge >= 0.3 is 5.97 Å². The number of aliphatic carboxylic acids is 1. The first-order valence-electron chi connectivity index (χ1n) is 5.88.